The summed E-state index contributed by atoms with van der Waals surface area (Å²) in [6.45, 7) is 48.9. The predicted octanol–water partition coefficient (Wildman–Crippen LogP) is 13.2. The van der Waals surface area contributed by atoms with E-state index in [1.165, 1.54) is 6.92 Å². The van der Waals surface area contributed by atoms with E-state index in [4.69, 9.17) is 52.3 Å². The van der Waals surface area contributed by atoms with Gasteiger partial charge in [-0.1, -0.05) is 172 Å². The van der Waals surface area contributed by atoms with Gasteiger partial charge in [-0.25, -0.2) is 0 Å². The van der Waals surface area contributed by atoms with Crippen LogP contribution >= 0.6 is 132 Å². The van der Waals surface area contributed by atoms with Crippen LogP contribution in [0, 0.1) is 11.3 Å². The maximum atomic E-state index is 11.5. The SMILES string of the molecule is C.C.C=CC[C@H](CC(=O)O)O[Si](C)(C)C(C)(C)C.CC#N.CC(C)(C)[Si](C)(C)O[C@H]1CC(=O)O[C@@H](CI)C1.CC(C)(C)[Si](C)(C)O[C@H]1CC(=O)O[C@H](CI)C1.CC(C)(C)[Si](C)(C)O[C@H]1CC(=O)O[C@H](CI)C1.II.O=CO[O-].S.S.[Na+]. The molecule has 0 aromatic rings. The number of ether oxygens (including phenoxy) is 3. The number of nitriles is 1. The number of carboxylic acids is 1. The first kappa shape index (κ1) is 102. The van der Waals surface area contributed by atoms with Crippen molar-refractivity contribution < 1.29 is 101 Å². The molecule has 0 amide bonds. The molecule has 0 radical (unpaired) electrons. The van der Waals surface area contributed by atoms with Gasteiger partial charge < -0.3 is 47.2 Å². The molecule has 480 valence electrons. The molecule has 3 aliphatic rings. The van der Waals surface area contributed by atoms with Crippen LogP contribution < -0.4 is 34.8 Å². The average Bonchev–Trinajstić information content (AvgIpc) is 3.25. The Morgan fingerprint density at radius 2 is 0.877 bits per heavy atom. The van der Waals surface area contributed by atoms with E-state index < -0.39 is 39.2 Å². The second kappa shape index (κ2) is 49.3. The molecule has 0 spiro atoms. The molecule has 81 heavy (non-hydrogen) atoms. The van der Waals surface area contributed by atoms with Crippen molar-refractivity contribution in [1.29, 1.82) is 5.26 Å². The third-order valence-corrected chi connectivity index (χ3v) is 35.2. The number of alkyl halides is 3. The van der Waals surface area contributed by atoms with E-state index in [0.717, 1.165) is 32.5 Å². The van der Waals surface area contributed by atoms with Crippen LogP contribution in [0.4, 0.5) is 0 Å². The molecule has 3 aliphatic heterocycles. The largest absolute Gasteiger partial charge is 1.00 e. The minimum Gasteiger partial charge on any atom is -0.662 e. The zero-order chi connectivity index (χ0) is 60.9. The van der Waals surface area contributed by atoms with Crippen molar-refractivity contribution in [2.45, 2.75) is 271 Å². The zero-order valence-corrected chi connectivity index (χ0v) is 70.5. The van der Waals surface area contributed by atoms with Crippen LogP contribution in [0.15, 0.2) is 12.7 Å². The molecular formula is C53H109I5NNaO15S2Si4. The third kappa shape index (κ3) is 45.5. The van der Waals surface area contributed by atoms with Crippen LogP contribution in [-0.4, -0.2) is 125 Å². The summed E-state index contributed by atoms with van der Waals surface area (Å²) in [4.78, 5) is 56.4. The van der Waals surface area contributed by atoms with Crippen LogP contribution in [-0.2, 0) is 60.8 Å². The number of carboxylic acid groups (broad SMARTS) is 1. The van der Waals surface area contributed by atoms with Crippen molar-refractivity contribution in [3.63, 3.8) is 0 Å². The van der Waals surface area contributed by atoms with Crippen molar-refractivity contribution in [3.8, 4) is 6.07 Å². The molecule has 0 aromatic heterocycles. The fraction of sp³-hybridized carbons (Fsp3) is 0.849. The molecule has 0 aliphatic carbocycles. The molecule has 0 bridgehead atoms. The Morgan fingerprint density at radius 3 is 1.04 bits per heavy atom. The molecule has 0 aromatic carbocycles. The molecule has 3 saturated heterocycles. The summed E-state index contributed by atoms with van der Waals surface area (Å²) in [6, 6.07) is 1.75. The number of hydrogen-bond acceptors (Lipinski definition) is 15. The Balaban J connectivity index is -0.000000114. The summed E-state index contributed by atoms with van der Waals surface area (Å²) in [6.07, 6.45) is 6.19. The maximum Gasteiger partial charge on any atom is 1.00 e. The molecule has 1 N–H and O–H groups in total. The molecule has 7 atom stereocenters. The number of halogens is 5. The van der Waals surface area contributed by atoms with Gasteiger partial charge in [0.25, 0.3) is 6.47 Å². The fourth-order valence-corrected chi connectivity index (χ4v) is 13.1. The molecule has 0 unspecified atom stereocenters. The first-order valence-corrected chi connectivity index (χ1v) is 47.9. The second-order valence-electron chi connectivity index (χ2n) is 24.7. The van der Waals surface area contributed by atoms with Gasteiger partial charge in [0, 0.05) is 76.7 Å². The van der Waals surface area contributed by atoms with E-state index >= 15 is 0 Å². The number of carbonyl (C=O) groups is 5. The molecule has 3 fully saturated rings. The first-order chi connectivity index (χ1) is 34.4. The number of esters is 3. The summed E-state index contributed by atoms with van der Waals surface area (Å²) >= 11 is 11.0. The van der Waals surface area contributed by atoms with Gasteiger partial charge in [0.15, 0.2) is 33.3 Å². The van der Waals surface area contributed by atoms with Crippen LogP contribution in [0.1, 0.15) is 156 Å². The van der Waals surface area contributed by atoms with Gasteiger partial charge in [0.2, 0.25) is 0 Å². The summed E-state index contributed by atoms with van der Waals surface area (Å²) < 4.78 is 43.2. The third-order valence-electron chi connectivity index (χ3n) is 14.1. The van der Waals surface area contributed by atoms with Gasteiger partial charge in [0.1, 0.15) is 18.3 Å². The molecular weight excluding hydrogens is 1720 g/mol. The number of hydrogen-bond donors (Lipinski definition) is 1. The predicted molar refractivity (Wildman–Crippen MR) is 390 cm³/mol. The summed E-state index contributed by atoms with van der Waals surface area (Å²) in [5.74, 6) is -1.14. The fourth-order valence-electron chi connectivity index (χ4n) is 6.01. The van der Waals surface area contributed by atoms with Crippen LogP contribution in [0.2, 0.25) is 72.5 Å². The maximum absolute atomic E-state index is 11.5. The Hall–Kier alpha value is 2.60. The van der Waals surface area contributed by atoms with Crippen molar-refractivity contribution in [3.05, 3.63) is 12.7 Å². The minimum atomic E-state index is -1.88. The molecule has 3 rings (SSSR count). The molecule has 3 heterocycles. The van der Waals surface area contributed by atoms with Crippen molar-refractivity contribution >= 4 is 196 Å². The smallest absolute Gasteiger partial charge is 0.662 e. The van der Waals surface area contributed by atoms with E-state index in [1.807, 2.05) is 0 Å². The van der Waals surface area contributed by atoms with E-state index in [1.54, 1.807) is 12.1 Å². The second-order valence-corrected chi connectivity index (χ2v) is 46.3. The van der Waals surface area contributed by atoms with Crippen LogP contribution in [0.5, 0.6) is 0 Å². The Kier molecular flexibility index (Phi) is 62.4. The van der Waals surface area contributed by atoms with Gasteiger partial charge in [-0.3, -0.25) is 24.0 Å². The summed E-state index contributed by atoms with van der Waals surface area (Å²) in [5, 5.41) is 25.2. The van der Waals surface area contributed by atoms with Crippen molar-refractivity contribution in [2.24, 2.45) is 0 Å². The summed E-state index contributed by atoms with van der Waals surface area (Å²) in [7, 11) is -7.21. The van der Waals surface area contributed by atoms with E-state index in [-0.39, 0.29) is 165 Å². The van der Waals surface area contributed by atoms with Crippen molar-refractivity contribution in [1.82, 2.24) is 0 Å². The van der Waals surface area contributed by atoms with E-state index in [2.05, 4.69) is 252 Å². The number of carbonyl (C=O) groups excluding carboxylic acids is 4. The summed E-state index contributed by atoms with van der Waals surface area (Å²) in [5.41, 5.74) is 0. The topological polar surface area (TPSA) is 226 Å². The number of nitrogens with zero attached hydrogens (tertiary/aromatic N) is 1. The standard InChI is InChI=1S/3C12H23IO3Si.C12H24O3Si.C2H3N.CH2O3.2CH4.I2.Na.2H2S/c3*1-12(2,3)17(4,5)16-9-6-10(8-13)15-11(14)7-9;1-7-8-10(9-11(13)14)15-16(5,6)12(2,3)4;1-2-3;2-1-4-3;;;1-2;;;/h3*9-10H,6-8H2,1-5H3;7,10H,1,8-9H2,2-6H3,(H,13,14);1H3;1,3H;2*1H4;;;2*1H2/q;;;;;;;;;+1;;/p-1/t2*9-,10+;9-,10-;10-;;;;;;;;/m1111......../s1. The van der Waals surface area contributed by atoms with Crippen molar-refractivity contribution in [2.75, 3.05) is 13.3 Å². The van der Waals surface area contributed by atoms with Gasteiger partial charge >= 0.3 is 53.4 Å². The van der Waals surface area contributed by atoms with Gasteiger partial charge in [-0.2, -0.15) is 32.3 Å². The van der Waals surface area contributed by atoms with Gasteiger partial charge in [0.05, 0.1) is 56.2 Å². The quantitative estimate of drug-likeness (QED) is 0.0174. The normalized spacial score (nSPS) is 20.2. The Morgan fingerprint density at radius 1 is 0.654 bits per heavy atom. The Bertz CT molecular complexity index is 1630. The first-order valence-electron chi connectivity index (χ1n) is 25.4. The number of rotatable bonds is 16. The van der Waals surface area contributed by atoms with Crippen LogP contribution in [0.3, 0.4) is 0 Å². The molecule has 28 heteroatoms. The number of aliphatic carboxylic acids is 1. The van der Waals surface area contributed by atoms with E-state index in [0.29, 0.717) is 25.7 Å². The minimum absolute atomic E-state index is 0. The molecule has 16 nitrogen and oxygen atoms in total. The van der Waals surface area contributed by atoms with Gasteiger partial charge in [-0.05, 0) is 78.9 Å². The monoisotopic (exact) mass is 1830 g/mol. The van der Waals surface area contributed by atoms with Crippen LogP contribution in [0.25, 0.3) is 0 Å². The molecule has 0 saturated carbocycles. The van der Waals surface area contributed by atoms with E-state index in [9.17, 15) is 19.2 Å². The zero-order valence-electron chi connectivity index (χ0n) is 51.7. The number of cyclic esters (lactones) is 3. The van der Waals surface area contributed by atoms with Gasteiger partial charge in [-0.15, -0.1) is 6.58 Å². The Labute approximate surface area is 597 Å². The average molecular weight is 1830 g/mol.